The number of thiocarbonyl (C=S) groups is 1. The molecule has 0 spiro atoms. The van der Waals surface area contributed by atoms with Crippen molar-refractivity contribution in [1.82, 2.24) is 14.9 Å². The van der Waals surface area contributed by atoms with Gasteiger partial charge in [-0.05, 0) is 6.42 Å². The molecule has 0 saturated heterocycles. The van der Waals surface area contributed by atoms with E-state index in [1.807, 2.05) is 12.5 Å². The second kappa shape index (κ2) is 5.75. The van der Waals surface area contributed by atoms with Crippen LogP contribution in [0.2, 0.25) is 0 Å². The normalized spacial score (nSPS) is 10.5. The van der Waals surface area contributed by atoms with Gasteiger partial charge in [0.05, 0.1) is 11.3 Å². The van der Waals surface area contributed by atoms with E-state index in [0.29, 0.717) is 5.92 Å². The van der Waals surface area contributed by atoms with Crippen LogP contribution < -0.4 is 5.32 Å². The van der Waals surface area contributed by atoms with E-state index in [9.17, 15) is 0 Å². The van der Waals surface area contributed by atoms with Crippen molar-refractivity contribution in [1.29, 1.82) is 0 Å². The summed E-state index contributed by atoms with van der Waals surface area (Å²) in [5.74, 6) is 0.443. The Kier molecular flexibility index (Phi) is 4.59. The van der Waals surface area contributed by atoms with Crippen molar-refractivity contribution in [3.05, 3.63) is 18.7 Å². The number of aromatic nitrogens is 2. The molecular weight excluding hydrogens is 194 g/mol. The Labute approximate surface area is 90.5 Å². The third-order valence-electron chi connectivity index (χ3n) is 1.98. The predicted octanol–water partition coefficient (Wildman–Crippen LogP) is 1.85. The molecule has 1 rings (SSSR count). The van der Waals surface area contributed by atoms with Crippen molar-refractivity contribution in [3.8, 4) is 0 Å². The largest absolute Gasteiger partial charge is 0.379 e. The van der Waals surface area contributed by atoms with Gasteiger partial charge < -0.3 is 9.88 Å². The summed E-state index contributed by atoms with van der Waals surface area (Å²) in [6.07, 6.45) is 6.68. The third kappa shape index (κ3) is 3.87. The lowest BCUT2D eigenvalue weighted by Crippen LogP contribution is -2.27. The summed E-state index contributed by atoms with van der Waals surface area (Å²) in [5.41, 5.74) is 0. The molecule has 0 unspecified atom stereocenters. The average Bonchev–Trinajstić information content (AvgIpc) is 2.64. The maximum atomic E-state index is 5.16. The molecule has 0 atom stereocenters. The average molecular weight is 211 g/mol. The molecule has 0 aromatic carbocycles. The van der Waals surface area contributed by atoms with Crippen LogP contribution in [0.4, 0.5) is 0 Å². The predicted molar refractivity (Wildman–Crippen MR) is 62.3 cm³/mol. The van der Waals surface area contributed by atoms with Gasteiger partial charge >= 0.3 is 0 Å². The number of nitrogens with one attached hydrogen (secondary N) is 1. The first-order valence-electron chi connectivity index (χ1n) is 4.93. The molecule has 1 heterocycles. The Balaban J connectivity index is 2.08. The number of hydrogen-bond donors (Lipinski definition) is 1. The standard InChI is InChI=1S/C10H17N3S/c1-9(2)10(14)12-4-3-6-13-7-5-11-8-13/h5,7-9H,3-4,6H2,1-2H3,(H,12,14). The van der Waals surface area contributed by atoms with Crippen LogP contribution in [0.1, 0.15) is 20.3 Å². The molecule has 78 valence electrons. The van der Waals surface area contributed by atoms with Crippen molar-refractivity contribution >= 4 is 17.2 Å². The molecule has 0 aliphatic carbocycles. The van der Waals surface area contributed by atoms with Gasteiger partial charge in [-0.25, -0.2) is 4.98 Å². The van der Waals surface area contributed by atoms with Crippen LogP contribution in [0.15, 0.2) is 18.7 Å². The maximum absolute atomic E-state index is 5.16. The van der Waals surface area contributed by atoms with Gasteiger partial charge in [0, 0.05) is 31.4 Å². The minimum Gasteiger partial charge on any atom is -0.379 e. The first-order chi connectivity index (χ1) is 6.70. The summed E-state index contributed by atoms with van der Waals surface area (Å²) in [6.45, 7) is 6.14. The number of imidazole rings is 1. The van der Waals surface area contributed by atoms with Gasteiger partial charge in [-0.15, -0.1) is 0 Å². The lowest BCUT2D eigenvalue weighted by molar-refractivity contribution is 0.626. The second-order valence-electron chi connectivity index (χ2n) is 3.60. The highest BCUT2D eigenvalue weighted by atomic mass is 32.1. The van der Waals surface area contributed by atoms with Crippen molar-refractivity contribution in [2.24, 2.45) is 5.92 Å². The Hall–Kier alpha value is -0.900. The zero-order valence-corrected chi connectivity index (χ0v) is 9.55. The first-order valence-corrected chi connectivity index (χ1v) is 5.34. The number of nitrogens with zero attached hydrogens (tertiary/aromatic N) is 2. The molecule has 4 heteroatoms. The van der Waals surface area contributed by atoms with Crippen molar-refractivity contribution < 1.29 is 0 Å². The first kappa shape index (κ1) is 11.2. The van der Waals surface area contributed by atoms with Crippen molar-refractivity contribution in [2.75, 3.05) is 6.54 Å². The summed E-state index contributed by atoms with van der Waals surface area (Å²) < 4.78 is 2.07. The van der Waals surface area contributed by atoms with Crippen LogP contribution in [0.5, 0.6) is 0 Å². The second-order valence-corrected chi connectivity index (χ2v) is 4.04. The molecule has 0 aliphatic rings. The maximum Gasteiger partial charge on any atom is 0.0945 e. The quantitative estimate of drug-likeness (QED) is 0.595. The Morgan fingerprint density at radius 2 is 2.36 bits per heavy atom. The Morgan fingerprint density at radius 3 is 2.93 bits per heavy atom. The molecule has 1 aromatic heterocycles. The molecule has 0 amide bonds. The molecule has 0 bridgehead atoms. The van der Waals surface area contributed by atoms with E-state index in [2.05, 4.69) is 28.7 Å². The fraction of sp³-hybridized carbons (Fsp3) is 0.600. The van der Waals surface area contributed by atoms with E-state index >= 15 is 0 Å². The van der Waals surface area contributed by atoms with E-state index in [-0.39, 0.29) is 0 Å². The van der Waals surface area contributed by atoms with E-state index < -0.39 is 0 Å². The summed E-state index contributed by atoms with van der Waals surface area (Å²) in [7, 11) is 0. The fourth-order valence-corrected chi connectivity index (χ4v) is 1.20. The number of rotatable bonds is 5. The van der Waals surface area contributed by atoms with Gasteiger partial charge in [0.1, 0.15) is 0 Å². The van der Waals surface area contributed by atoms with Crippen LogP contribution in [0, 0.1) is 5.92 Å². The molecule has 0 fully saturated rings. The summed E-state index contributed by atoms with van der Waals surface area (Å²) in [4.78, 5) is 4.94. The van der Waals surface area contributed by atoms with E-state index in [4.69, 9.17) is 12.2 Å². The van der Waals surface area contributed by atoms with Gasteiger partial charge in [-0.1, -0.05) is 26.1 Å². The highest BCUT2D eigenvalue weighted by Gasteiger charge is 2.00. The van der Waals surface area contributed by atoms with Crippen LogP contribution in [-0.4, -0.2) is 21.1 Å². The fourth-order valence-electron chi connectivity index (χ4n) is 1.10. The van der Waals surface area contributed by atoms with Crippen LogP contribution in [0.3, 0.4) is 0 Å². The number of hydrogen-bond acceptors (Lipinski definition) is 2. The lowest BCUT2D eigenvalue weighted by Gasteiger charge is -2.10. The third-order valence-corrected chi connectivity index (χ3v) is 2.59. The SMILES string of the molecule is CC(C)C(=S)NCCCn1ccnc1. The van der Waals surface area contributed by atoms with Gasteiger partial charge in [-0.3, -0.25) is 0 Å². The van der Waals surface area contributed by atoms with Crippen LogP contribution in [-0.2, 0) is 6.54 Å². The van der Waals surface area contributed by atoms with Crippen LogP contribution >= 0.6 is 12.2 Å². The monoisotopic (exact) mass is 211 g/mol. The molecule has 1 N–H and O–H groups in total. The zero-order valence-electron chi connectivity index (χ0n) is 8.73. The summed E-state index contributed by atoms with van der Waals surface area (Å²) in [6, 6.07) is 0. The van der Waals surface area contributed by atoms with Gasteiger partial charge in [0.2, 0.25) is 0 Å². The smallest absolute Gasteiger partial charge is 0.0945 e. The molecule has 0 saturated carbocycles. The van der Waals surface area contributed by atoms with Gasteiger partial charge in [-0.2, -0.15) is 0 Å². The topological polar surface area (TPSA) is 29.9 Å². The molecule has 14 heavy (non-hydrogen) atoms. The molecule has 0 radical (unpaired) electrons. The minimum absolute atomic E-state index is 0.443. The Morgan fingerprint density at radius 1 is 1.57 bits per heavy atom. The van der Waals surface area contributed by atoms with Crippen LogP contribution in [0.25, 0.3) is 0 Å². The van der Waals surface area contributed by atoms with Gasteiger partial charge in [0.25, 0.3) is 0 Å². The van der Waals surface area contributed by atoms with E-state index in [1.165, 1.54) is 0 Å². The zero-order chi connectivity index (χ0) is 10.4. The Bertz CT molecular complexity index is 267. The highest BCUT2D eigenvalue weighted by molar-refractivity contribution is 7.80. The molecule has 1 aromatic rings. The van der Waals surface area contributed by atoms with Crippen molar-refractivity contribution in [2.45, 2.75) is 26.8 Å². The summed E-state index contributed by atoms with van der Waals surface area (Å²) >= 11 is 5.16. The van der Waals surface area contributed by atoms with E-state index in [0.717, 1.165) is 24.5 Å². The minimum atomic E-state index is 0.443. The van der Waals surface area contributed by atoms with Gasteiger partial charge in [0.15, 0.2) is 0 Å². The lowest BCUT2D eigenvalue weighted by atomic mass is 10.2. The number of aryl methyl sites for hydroxylation is 1. The molecule has 3 nitrogen and oxygen atoms in total. The van der Waals surface area contributed by atoms with Crippen molar-refractivity contribution in [3.63, 3.8) is 0 Å². The molecule has 0 aliphatic heterocycles. The molecular formula is C10H17N3S. The van der Waals surface area contributed by atoms with E-state index in [1.54, 1.807) is 6.20 Å². The summed E-state index contributed by atoms with van der Waals surface area (Å²) in [5, 5.41) is 3.24. The highest BCUT2D eigenvalue weighted by Crippen LogP contribution is 1.94.